The Morgan fingerprint density at radius 2 is 2.19 bits per heavy atom. The Morgan fingerprint density at radius 1 is 1.38 bits per heavy atom. The van der Waals surface area contributed by atoms with Crippen LogP contribution in [0.4, 0.5) is 0 Å². The van der Waals surface area contributed by atoms with Crippen LogP contribution in [0.3, 0.4) is 0 Å². The molecule has 0 unspecified atom stereocenters. The van der Waals surface area contributed by atoms with Crippen molar-refractivity contribution in [2.24, 2.45) is 16.5 Å². The maximum atomic E-state index is 12.1. The minimum atomic E-state index is -0.256. The Morgan fingerprint density at radius 3 is 2.88 bits per heavy atom. The van der Waals surface area contributed by atoms with Crippen LogP contribution in [0, 0.1) is 0 Å². The number of hydrogen-bond donors (Lipinski definition) is 3. The van der Waals surface area contributed by atoms with Crippen molar-refractivity contribution in [2.75, 3.05) is 20.2 Å². The number of methoxy groups -OCH3 is 1. The highest BCUT2D eigenvalue weighted by Crippen LogP contribution is 2.25. The van der Waals surface area contributed by atoms with E-state index in [0.717, 1.165) is 28.6 Å². The molecule has 9 nitrogen and oxygen atoms in total. The van der Waals surface area contributed by atoms with Crippen molar-refractivity contribution >= 4 is 27.8 Å². The molecule has 0 saturated carbocycles. The molecule has 0 atom stereocenters. The summed E-state index contributed by atoms with van der Waals surface area (Å²) in [4.78, 5) is 16.0. The summed E-state index contributed by atoms with van der Waals surface area (Å²) in [6.07, 6.45) is 3.18. The zero-order valence-corrected chi connectivity index (χ0v) is 16.1. The molecule has 1 aromatic heterocycles. The number of rotatable bonds is 9. The Labute approximate surface area is 159 Å². The second-order valence-corrected chi connectivity index (χ2v) is 6.39. The molecule has 0 saturated heterocycles. The molecule has 26 heavy (non-hydrogen) atoms. The normalized spacial score (nSPS) is 10.4. The number of ether oxygens (including phenoxy) is 1. The van der Waals surface area contributed by atoms with Crippen LogP contribution >= 0.6 is 15.9 Å². The average Bonchev–Trinajstić information content (AvgIpc) is 3.06. The zero-order valence-electron chi connectivity index (χ0n) is 14.5. The molecule has 0 bridgehead atoms. The van der Waals surface area contributed by atoms with Gasteiger partial charge in [-0.1, -0.05) is 11.3 Å². The summed E-state index contributed by atoms with van der Waals surface area (Å²) in [7, 11) is 1.61. The van der Waals surface area contributed by atoms with Crippen LogP contribution in [0.1, 0.15) is 28.9 Å². The van der Waals surface area contributed by atoms with Gasteiger partial charge in [-0.15, -0.1) is 5.10 Å². The first kappa shape index (κ1) is 19.7. The van der Waals surface area contributed by atoms with E-state index in [-0.39, 0.29) is 17.6 Å². The molecule has 0 radical (unpaired) electrons. The molecule has 140 valence electrons. The molecule has 1 aromatic carbocycles. The van der Waals surface area contributed by atoms with E-state index in [1.165, 1.54) is 0 Å². The van der Waals surface area contributed by atoms with Crippen molar-refractivity contribution in [3.05, 3.63) is 40.1 Å². The van der Waals surface area contributed by atoms with Gasteiger partial charge in [-0.25, -0.2) is 4.68 Å². The number of nitrogens with zero attached hydrogens (tertiary/aromatic N) is 4. The summed E-state index contributed by atoms with van der Waals surface area (Å²) in [6.45, 7) is 1.57. The van der Waals surface area contributed by atoms with Gasteiger partial charge in [-0.3, -0.25) is 9.79 Å². The fraction of sp³-hybridized carbons (Fsp3) is 0.375. The molecule has 0 spiro atoms. The van der Waals surface area contributed by atoms with Gasteiger partial charge in [0.25, 0.3) is 5.91 Å². The molecular weight excluding hydrogens is 402 g/mol. The highest BCUT2D eigenvalue weighted by molar-refractivity contribution is 9.10. The highest BCUT2D eigenvalue weighted by atomic mass is 79.9. The van der Waals surface area contributed by atoms with E-state index in [1.54, 1.807) is 18.0 Å². The van der Waals surface area contributed by atoms with Crippen LogP contribution < -0.4 is 21.5 Å². The number of nitrogens with two attached hydrogens (primary N) is 2. The molecule has 1 amide bonds. The fourth-order valence-electron chi connectivity index (χ4n) is 2.21. The average molecular weight is 424 g/mol. The van der Waals surface area contributed by atoms with E-state index in [4.69, 9.17) is 16.2 Å². The van der Waals surface area contributed by atoms with E-state index in [0.29, 0.717) is 19.6 Å². The minimum absolute atomic E-state index is 0.0783. The number of carbonyl (C=O) groups is 1. The van der Waals surface area contributed by atoms with Gasteiger partial charge in [-0.2, -0.15) is 0 Å². The topological polar surface area (TPSA) is 133 Å². The fourth-order valence-corrected chi connectivity index (χ4v) is 2.80. The zero-order chi connectivity index (χ0) is 18.9. The van der Waals surface area contributed by atoms with Crippen LogP contribution in [0.25, 0.3) is 0 Å². The van der Waals surface area contributed by atoms with Crippen molar-refractivity contribution in [3.8, 4) is 5.75 Å². The maximum absolute atomic E-state index is 12.1. The molecule has 5 N–H and O–H groups in total. The van der Waals surface area contributed by atoms with E-state index in [2.05, 4.69) is 36.6 Å². The molecule has 2 aromatic rings. The van der Waals surface area contributed by atoms with Crippen LogP contribution in [0.2, 0.25) is 0 Å². The highest BCUT2D eigenvalue weighted by Gasteiger charge is 2.11. The number of halogens is 1. The van der Waals surface area contributed by atoms with Gasteiger partial charge in [-0.05, 0) is 46.5 Å². The maximum Gasteiger partial charge on any atom is 0.273 e. The van der Waals surface area contributed by atoms with E-state index < -0.39 is 0 Å². The number of carbonyl (C=O) groups excluding carboxylic acids is 1. The molecule has 0 fully saturated rings. The van der Waals surface area contributed by atoms with E-state index >= 15 is 0 Å². The molecule has 10 heteroatoms. The number of nitrogens with one attached hydrogen (secondary N) is 1. The summed E-state index contributed by atoms with van der Waals surface area (Å²) in [6, 6.07) is 5.74. The van der Waals surface area contributed by atoms with Crippen LogP contribution in [0.15, 0.2) is 33.9 Å². The lowest BCUT2D eigenvalue weighted by molar-refractivity contribution is 0.0948. The number of benzene rings is 1. The van der Waals surface area contributed by atoms with Gasteiger partial charge >= 0.3 is 0 Å². The lowest BCUT2D eigenvalue weighted by Crippen LogP contribution is -2.25. The first-order chi connectivity index (χ1) is 12.5. The summed E-state index contributed by atoms with van der Waals surface area (Å²) in [5, 5.41) is 10.7. The van der Waals surface area contributed by atoms with Crippen molar-refractivity contribution in [1.82, 2.24) is 20.3 Å². The quantitative estimate of drug-likeness (QED) is 0.311. The van der Waals surface area contributed by atoms with Crippen molar-refractivity contribution < 1.29 is 9.53 Å². The third kappa shape index (κ3) is 6.03. The standard InChI is InChI=1S/C16H22BrN7O2/c1-26-14-5-4-11(8-12(14)17)9-24-10-13(22-23-24)15(25)20-6-2-3-7-21-16(18)19/h4-5,8,10H,2-3,6-7,9H2,1H3,(H,20,25)(H4,18,19,21). The summed E-state index contributed by atoms with van der Waals surface area (Å²) in [5.74, 6) is 0.579. The van der Waals surface area contributed by atoms with Crippen LogP contribution in [-0.4, -0.2) is 47.1 Å². The van der Waals surface area contributed by atoms with Gasteiger partial charge in [0.05, 0.1) is 24.3 Å². The Kier molecular flexibility index (Phi) is 7.39. The predicted molar refractivity (Wildman–Crippen MR) is 102 cm³/mol. The van der Waals surface area contributed by atoms with Crippen molar-refractivity contribution in [3.63, 3.8) is 0 Å². The number of amides is 1. The molecular formula is C16H22BrN7O2. The number of unbranched alkanes of at least 4 members (excludes halogenated alkanes) is 1. The number of aliphatic imine (C=N–C) groups is 1. The molecule has 0 aliphatic heterocycles. The Bertz CT molecular complexity index is 772. The lowest BCUT2D eigenvalue weighted by atomic mass is 10.2. The largest absolute Gasteiger partial charge is 0.496 e. The smallest absolute Gasteiger partial charge is 0.273 e. The number of hydrogen-bond acceptors (Lipinski definition) is 5. The summed E-state index contributed by atoms with van der Waals surface area (Å²) >= 11 is 3.45. The number of guanidine groups is 1. The SMILES string of the molecule is COc1ccc(Cn2cc(C(=O)NCCCCN=C(N)N)nn2)cc1Br. The van der Waals surface area contributed by atoms with E-state index in [9.17, 15) is 4.79 Å². The minimum Gasteiger partial charge on any atom is -0.496 e. The van der Waals surface area contributed by atoms with Gasteiger partial charge < -0.3 is 21.5 Å². The van der Waals surface area contributed by atoms with E-state index in [1.807, 2.05) is 18.2 Å². The third-order valence-electron chi connectivity index (χ3n) is 3.50. The first-order valence-electron chi connectivity index (χ1n) is 8.05. The summed E-state index contributed by atoms with van der Waals surface area (Å²) < 4.78 is 7.68. The predicted octanol–water partition coefficient (Wildman–Crippen LogP) is 0.881. The third-order valence-corrected chi connectivity index (χ3v) is 4.12. The Hall–Kier alpha value is -2.62. The first-order valence-corrected chi connectivity index (χ1v) is 8.85. The van der Waals surface area contributed by atoms with Gasteiger partial charge in [0, 0.05) is 13.1 Å². The molecule has 1 heterocycles. The molecule has 0 aliphatic rings. The van der Waals surface area contributed by atoms with Gasteiger partial charge in [0.15, 0.2) is 11.7 Å². The van der Waals surface area contributed by atoms with Gasteiger partial charge in [0.1, 0.15) is 5.75 Å². The van der Waals surface area contributed by atoms with Crippen molar-refractivity contribution in [2.45, 2.75) is 19.4 Å². The van der Waals surface area contributed by atoms with Crippen LogP contribution in [0.5, 0.6) is 5.75 Å². The summed E-state index contributed by atoms with van der Waals surface area (Å²) in [5.41, 5.74) is 11.8. The van der Waals surface area contributed by atoms with Crippen molar-refractivity contribution in [1.29, 1.82) is 0 Å². The van der Waals surface area contributed by atoms with Crippen LogP contribution in [-0.2, 0) is 6.54 Å². The number of aromatic nitrogens is 3. The molecule has 0 aliphatic carbocycles. The lowest BCUT2D eigenvalue weighted by Gasteiger charge is -2.06. The second-order valence-electron chi connectivity index (χ2n) is 5.54. The Balaban J connectivity index is 1.82. The monoisotopic (exact) mass is 423 g/mol. The van der Waals surface area contributed by atoms with Gasteiger partial charge in [0.2, 0.25) is 0 Å². The second kappa shape index (κ2) is 9.76. The molecule has 2 rings (SSSR count).